The molecule has 94 valence electrons. The van der Waals surface area contributed by atoms with Crippen molar-refractivity contribution in [3.63, 3.8) is 0 Å². The Morgan fingerprint density at radius 1 is 1.00 bits per heavy atom. The number of unbranched alkanes of at least 4 members (excludes halogenated alkanes) is 8. The van der Waals surface area contributed by atoms with Crippen LogP contribution in [0.2, 0.25) is 0 Å². The minimum absolute atomic E-state index is 0.0130. The molecule has 0 bridgehead atoms. The summed E-state index contributed by atoms with van der Waals surface area (Å²) in [5.74, 6) is -0.0130. The minimum Gasteiger partial charge on any atom is -0.462 e. The molecule has 1 aliphatic rings. The zero-order chi connectivity index (χ0) is 11.6. The Hall–Kier alpha value is -0.530. The summed E-state index contributed by atoms with van der Waals surface area (Å²) in [6.45, 7) is 2.26. The zero-order valence-electron chi connectivity index (χ0n) is 10.7. The number of carbonyl (C=O) groups excluding carboxylic acids is 1. The molecular weight excluding hydrogens is 200 g/mol. The molecule has 0 N–H and O–H groups in total. The van der Waals surface area contributed by atoms with Gasteiger partial charge in [0.15, 0.2) is 0 Å². The van der Waals surface area contributed by atoms with Gasteiger partial charge in [0, 0.05) is 0 Å². The predicted molar refractivity (Wildman–Crippen MR) is 66.3 cm³/mol. The highest BCUT2D eigenvalue weighted by atomic mass is 16.6. The third-order valence-electron chi connectivity index (χ3n) is 3.32. The highest BCUT2D eigenvalue weighted by molar-refractivity contribution is 5.75. The second kappa shape index (κ2) is 8.60. The van der Waals surface area contributed by atoms with E-state index in [2.05, 4.69) is 6.92 Å². The van der Waals surface area contributed by atoms with Crippen LogP contribution in [0, 0.1) is 0 Å². The molecule has 0 amide bonds. The maximum atomic E-state index is 10.5. The van der Waals surface area contributed by atoms with Gasteiger partial charge in [-0.15, -0.1) is 0 Å². The van der Waals surface area contributed by atoms with E-state index in [0.29, 0.717) is 6.42 Å². The Kier molecular flexibility index (Phi) is 7.28. The number of rotatable bonds is 10. The number of hydrogen-bond donors (Lipinski definition) is 0. The van der Waals surface area contributed by atoms with E-state index in [4.69, 9.17) is 4.74 Å². The first-order valence-corrected chi connectivity index (χ1v) is 7.02. The molecule has 0 aromatic heterocycles. The molecule has 1 aliphatic heterocycles. The summed E-state index contributed by atoms with van der Waals surface area (Å²) in [6, 6.07) is 0. The molecular formula is C14H26O2. The summed E-state index contributed by atoms with van der Waals surface area (Å²) in [6.07, 6.45) is 14.2. The van der Waals surface area contributed by atoms with Crippen LogP contribution in [0.5, 0.6) is 0 Å². The van der Waals surface area contributed by atoms with E-state index in [1.54, 1.807) is 0 Å². The molecule has 2 heteroatoms. The fourth-order valence-corrected chi connectivity index (χ4v) is 2.21. The number of esters is 1. The Morgan fingerprint density at radius 3 is 2.00 bits per heavy atom. The van der Waals surface area contributed by atoms with Crippen molar-refractivity contribution in [2.75, 3.05) is 0 Å². The largest absolute Gasteiger partial charge is 0.462 e. The lowest BCUT2D eigenvalue weighted by atomic mass is 10.0. The lowest BCUT2D eigenvalue weighted by Crippen LogP contribution is -2.32. The van der Waals surface area contributed by atoms with Crippen molar-refractivity contribution in [1.82, 2.24) is 0 Å². The maximum Gasteiger partial charge on any atom is 0.309 e. The van der Waals surface area contributed by atoms with Gasteiger partial charge in [-0.05, 0) is 12.8 Å². The quantitative estimate of drug-likeness (QED) is 0.412. The molecule has 1 unspecified atom stereocenters. The van der Waals surface area contributed by atoms with Crippen molar-refractivity contribution in [3.8, 4) is 0 Å². The van der Waals surface area contributed by atoms with Crippen LogP contribution in [0.15, 0.2) is 0 Å². The van der Waals surface area contributed by atoms with Crippen LogP contribution in [-0.4, -0.2) is 12.1 Å². The average Bonchev–Trinajstić information content (AvgIpc) is 2.24. The molecule has 0 aromatic carbocycles. The van der Waals surface area contributed by atoms with Crippen LogP contribution in [0.4, 0.5) is 0 Å². The van der Waals surface area contributed by atoms with Crippen molar-refractivity contribution in [3.05, 3.63) is 0 Å². The zero-order valence-corrected chi connectivity index (χ0v) is 10.7. The number of hydrogen-bond acceptors (Lipinski definition) is 2. The van der Waals surface area contributed by atoms with Crippen LogP contribution in [-0.2, 0) is 9.53 Å². The van der Waals surface area contributed by atoms with E-state index in [9.17, 15) is 4.79 Å². The van der Waals surface area contributed by atoms with Crippen molar-refractivity contribution in [2.45, 2.75) is 83.7 Å². The van der Waals surface area contributed by atoms with Gasteiger partial charge in [-0.25, -0.2) is 0 Å². The highest BCUT2D eigenvalue weighted by Gasteiger charge is 2.27. The fourth-order valence-electron chi connectivity index (χ4n) is 2.21. The summed E-state index contributed by atoms with van der Waals surface area (Å²) in [5, 5.41) is 0. The summed E-state index contributed by atoms with van der Waals surface area (Å²) >= 11 is 0. The Bertz CT molecular complexity index is 181. The summed E-state index contributed by atoms with van der Waals surface area (Å²) in [4.78, 5) is 10.5. The summed E-state index contributed by atoms with van der Waals surface area (Å²) in [5.41, 5.74) is 0. The van der Waals surface area contributed by atoms with Gasteiger partial charge in [-0.2, -0.15) is 0 Å². The van der Waals surface area contributed by atoms with E-state index in [1.165, 1.54) is 57.8 Å². The van der Waals surface area contributed by atoms with E-state index in [1.807, 2.05) is 0 Å². The van der Waals surface area contributed by atoms with Gasteiger partial charge >= 0.3 is 5.97 Å². The molecule has 1 fully saturated rings. The second-order valence-electron chi connectivity index (χ2n) is 4.93. The van der Waals surface area contributed by atoms with Crippen molar-refractivity contribution in [2.24, 2.45) is 0 Å². The minimum atomic E-state index is -0.0130. The highest BCUT2D eigenvalue weighted by Crippen LogP contribution is 2.20. The maximum absolute atomic E-state index is 10.5. The Morgan fingerprint density at radius 2 is 1.50 bits per heavy atom. The number of carbonyl (C=O) groups is 1. The van der Waals surface area contributed by atoms with Gasteiger partial charge in [-0.1, -0.05) is 58.3 Å². The van der Waals surface area contributed by atoms with Crippen LogP contribution in [0.3, 0.4) is 0 Å². The lowest BCUT2D eigenvalue weighted by Gasteiger charge is -2.25. The van der Waals surface area contributed by atoms with Crippen LogP contribution in [0.1, 0.15) is 77.6 Å². The molecule has 16 heavy (non-hydrogen) atoms. The Balaban J connectivity index is 1.70. The van der Waals surface area contributed by atoms with Gasteiger partial charge in [0.05, 0.1) is 6.42 Å². The smallest absolute Gasteiger partial charge is 0.309 e. The Labute approximate surface area is 99.8 Å². The second-order valence-corrected chi connectivity index (χ2v) is 4.93. The van der Waals surface area contributed by atoms with Gasteiger partial charge in [0.25, 0.3) is 0 Å². The molecule has 1 saturated heterocycles. The third kappa shape index (κ3) is 6.14. The fraction of sp³-hybridized carbons (Fsp3) is 0.929. The van der Waals surface area contributed by atoms with Crippen molar-refractivity contribution in [1.29, 1.82) is 0 Å². The molecule has 1 heterocycles. The molecule has 1 rings (SSSR count). The van der Waals surface area contributed by atoms with Crippen LogP contribution in [0.25, 0.3) is 0 Å². The van der Waals surface area contributed by atoms with E-state index < -0.39 is 0 Å². The first kappa shape index (κ1) is 13.5. The SMILES string of the molecule is CCCCCCCCCCCC1CC(=O)O1. The van der Waals surface area contributed by atoms with E-state index in [0.717, 1.165) is 6.42 Å². The molecule has 0 radical (unpaired) electrons. The van der Waals surface area contributed by atoms with Gasteiger partial charge in [0.2, 0.25) is 0 Å². The number of ether oxygens (including phenoxy) is 1. The van der Waals surface area contributed by atoms with E-state index >= 15 is 0 Å². The molecule has 0 spiro atoms. The van der Waals surface area contributed by atoms with Crippen LogP contribution >= 0.6 is 0 Å². The average molecular weight is 226 g/mol. The van der Waals surface area contributed by atoms with Gasteiger partial charge in [0.1, 0.15) is 6.10 Å². The van der Waals surface area contributed by atoms with Crippen LogP contribution < -0.4 is 0 Å². The summed E-state index contributed by atoms with van der Waals surface area (Å²) < 4.78 is 4.97. The normalized spacial score (nSPS) is 19.3. The molecule has 1 atom stereocenters. The number of cyclic esters (lactones) is 1. The molecule has 0 aromatic rings. The molecule has 0 saturated carbocycles. The van der Waals surface area contributed by atoms with Gasteiger partial charge in [-0.3, -0.25) is 4.79 Å². The van der Waals surface area contributed by atoms with E-state index in [-0.39, 0.29) is 12.1 Å². The molecule has 2 nitrogen and oxygen atoms in total. The van der Waals surface area contributed by atoms with Crippen molar-refractivity contribution >= 4 is 5.97 Å². The topological polar surface area (TPSA) is 26.3 Å². The monoisotopic (exact) mass is 226 g/mol. The first-order valence-electron chi connectivity index (χ1n) is 7.02. The standard InChI is InChI=1S/C14H26O2/c1-2-3-4-5-6-7-8-9-10-11-13-12-14(15)16-13/h13H,2-12H2,1H3. The molecule has 0 aliphatic carbocycles. The predicted octanol–water partition coefficient (Wildman–Crippen LogP) is 4.22. The van der Waals surface area contributed by atoms with Gasteiger partial charge < -0.3 is 4.74 Å². The lowest BCUT2D eigenvalue weighted by molar-refractivity contribution is -0.169. The first-order chi connectivity index (χ1) is 7.83. The summed E-state index contributed by atoms with van der Waals surface area (Å²) in [7, 11) is 0. The van der Waals surface area contributed by atoms with Crippen molar-refractivity contribution < 1.29 is 9.53 Å². The third-order valence-corrected chi connectivity index (χ3v) is 3.32.